The first-order valence-electron chi connectivity index (χ1n) is 5.82. The minimum absolute atomic E-state index is 0.776. The quantitative estimate of drug-likeness (QED) is 0.755. The molecule has 2 rings (SSSR count). The van der Waals surface area contributed by atoms with Crippen molar-refractivity contribution < 1.29 is 4.74 Å². The fourth-order valence-corrected chi connectivity index (χ4v) is 2.14. The lowest BCUT2D eigenvalue weighted by molar-refractivity contribution is 0.250. The van der Waals surface area contributed by atoms with E-state index in [-0.39, 0.29) is 0 Å². The number of pyridine rings is 1. The van der Waals surface area contributed by atoms with Gasteiger partial charge >= 0.3 is 0 Å². The topological polar surface area (TPSA) is 22.1 Å². The van der Waals surface area contributed by atoms with Gasteiger partial charge in [-0.2, -0.15) is 0 Å². The van der Waals surface area contributed by atoms with Crippen LogP contribution >= 0.6 is 0 Å². The van der Waals surface area contributed by atoms with Crippen molar-refractivity contribution in [1.29, 1.82) is 0 Å². The van der Waals surface area contributed by atoms with Gasteiger partial charge < -0.3 is 4.74 Å². The van der Waals surface area contributed by atoms with Gasteiger partial charge in [-0.25, -0.2) is 0 Å². The number of aryl methyl sites for hydroxylation is 2. The van der Waals surface area contributed by atoms with Crippen LogP contribution in [0.5, 0.6) is 5.75 Å². The van der Waals surface area contributed by atoms with Gasteiger partial charge in [0.05, 0.1) is 6.61 Å². The summed E-state index contributed by atoms with van der Waals surface area (Å²) in [5, 5.41) is 0. The third-order valence-corrected chi connectivity index (χ3v) is 3.14. The van der Waals surface area contributed by atoms with Gasteiger partial charge in [0.15, 0.2) is 0 Å². The molecule has 0 aromatic carbocycles. The summed E-state index contributed by atoms with van der Waals surface area (Å²) in [5.74, 6) is 1.78. The lowest BCUT2D eigenvalue weighted by Gasteiger charge is -2.13. The highest BCUT2D eigenvalue weighted by Gasteiger charge is 2.15. The predicted molar refractivity (Wildman–Crippen MR) is 61.2 cm³/mol. The first kappa shape index (κ1) is 10.5. The van der Waals surface area contributed by atoms with Gasteiger partial charge in [-0.05, 0) is 32.6 Å². The molecule has 0 spiro atoms. The Kier molecular flexibility index (Phi) is 3.24. The average molecular weight is 205 g/mol. The Balaban J connectivity index is 1.94. The summed E-state index contributed by atoms with van der Waals surface area (Å²) in [6, 6.07) is 2.03. The molecule has 1 aromatic rings. The van der Waals surface area contributed by atoms with Crippen LogP contribution in [-0.2, 0) is 0 Å². The molecule has 1 aliphatic carbocycles. The lowest BCUT2D eigenvalue weighted by atomic mass is 10.1. The molecule has 2 heteroatoms. The Morgan fingerprint density at radius 2 is 2.07 bits per heavy atom. The minimum atomic E-state index is 0.776. The highest BCUT2D eigenvalue weighted by molar-refractivity contribution is 5.31. The van der Waals surface area contributed by atoms with E-state index in [0.717, 1.165) is 29.5 Å². The number of hydrogen-bond donors (Lipinski definition) is 0. The second-order valence-corrected chi connectivity index (χ2v) is 4.55. The Bertz CT molecular complexity index is 329. The molecule has 1 saturated carbocycles. The number of rotatable bonds is 3. The van der Waals surface area contributed by atoms with Crippen molar-refractivity contribution in [1.82, 2.24) is 4.98 Å². The molecule has 0 aliphatic heterocycles. The van der Waals surface area contributed by atoms with E-state index in [1.807, 2.05) is 19.2 Å². The second kappa shape index (κ2) is 4.65. The van der Waals surface area contributed by atoms with Crippen LogP contribution in [0, 0.1) is 19.8 Å². The Hall–Kier alpha value is -1.05. The molecular weight excluding hydrogens is 186 g/mol. The molecule has 0 saturated heterocycles. The molecular formula is C13H19NO. The van der Waals surface area contributed by atoms with E-state index in [1.54, 1.807) is 0 Å². The molecule has 1 heterocycles. The third kappa shape index (κ3) is 2.71. The zero-order valence-electron chi connectivity index (χ0n) is 9.62. The molecule has 0 unspecified atom stereocenters. The summed E-state index contributed by atoms with van der Waals surface area (Å²) >= 11 is 0. The van der Waals surface area contributed by atoms with Crippen LogP contribution in [0.3, 0.4) is 0 Å². The highest BCUT2D eigenvalue weighted by atomic mass is 16.5. The largest absolute Gasteiger partial charge is 0.493 e. The lowest BCUT2D eigenvalue weighted by Crippen LogP contribution is -2.09. The highest BCUT2D eigenvalue weighted by Crippen LogP contribution is 2.26. The van der Waals surface area contributed by atoms with Crippen molar-refractivity contribution in [2.45, 2.75) is 39.5 Å². The molecule has 82 valence electrons. The van der Waals surface area contributed by atoms with Gasteiger partial charge in [0.2, 0.25) is 0 Å². The fourth-order valence-electron chi connectivity index (χ4n) is 2.14. The molecule has 0 amide bonds. The van der Waals surface area contributed by atoms with Gasteiger partial charge in [-0.3, -0.25) is 4.98 Å². The average Bonchev–Trinajstić information content (AvgIpc) is 2.72. The molecule has 1 fully saturated rings. The number of nitrogens with zero attached hydrogens (tertiary/aromatic N) is 1. The summed E-state index contributed by atoms with van der Waals surface area (Å²) in [5.41, 5.74) is 2.17. The molecule has 0 bridgehead atoms. The SMILES string of the molecule is Cc1cc(OCC2CCCC2)c(C)cn1. The van der Waals surface area contributed by atoms with Gasteiger partial charge in [-0.15, -0.1) is 0 Å². The van der Waals surface area contributed by atoms with Crippen molar-refractivity contribution >= 4 is 0 Å². The van der Waals surface area contributed by atoms with Crippen LogP contribution < -0.4 is 4.74 Å². The monoisotopic (exact) mass is 205 g/mol. The first-order chi connectivity index (χ1) is 7.25. The van der Waals surface area contributed by atoms with Crippen LogP contribution in [-0.4, -0.2) is 11.6 Å². The van der Waals surface area contributed by atoms with E-state index in [1.165, 1.54) is 25.7 Å². The van der Waals surface area contributed by atoms with E-state index >= 15 is 0 Å². The molecule has 0 radical (unpaired) electrons. The normalized spacial score (nSPS) is 16.9. The van der Waals surface area contributed by atoms with Crippen LogP contribution in [0.4, 0.5) is 0 Å². The number of aromatic nitrogens is 1. The fraction of sp³-hybridized carbons (Fsp3) is 0.615. The Labute approximate surface area is 91.7 Å². The van der Waals surface area contributed by atoms with Crippen molar-refractivity contribution in [3.63, 3.8) is 0 Å². The van der Waals surface area contributed by atoms with E-state index in [0.29, 0.717) is 0 Å². The van der Waals surface area contributed by atoms with Crippen LogP contribution in [0.25, 0.3) is 0 Å². The van der Waals surface area contributed by atoms with Crippen LogP contribution in [0.1, 0.15) is 36.9 Å². The van der Waals surface area contributed by atoms with Gasteiger partial charge in [0.25, 0.3) is 0 Å². The number of hydrogen-bond acceptors (Lipinski definition) is 2. The molecule has 1 aromatic heterocycles. The van der Waals surface area contributed by atoms with Gasteiger partial charge in [0, 0.05) is 23.5 Å². The van der Waals surface area contributed by atoms with Crippen molar-refractivity contribution in [2.24, 2.45) is 5.92 Å². The molecule has 1 aliphatic rings. The third-order valence-electron chi connectivity index (χ3n) is 3.14. The zero-order chi connectivity index (χ0) is 10.7. The van der Waals surface area contributed by atoms with E-state index < -0.39 is 0 Å². The van der Waals surface area contributed by atoms with E-state index in [4.69, 9.17) is 4.74 Å². The van der Waals surface area contributed by atoms with Crippen LogP contribution in [0.2, 0.25) is 0 Å². The van der Waals surface area contributed by atoms with E-state index in [2.05, 4.69) is 11.9 Å². The summed E-state index contributed by atoms with van der Waals surface area (Å²) in [4.78, 5) is 4.24. The maximum Gasteiger partial charge on any atom is 0.125 e. The number of ether oxygens (including phenoxy) is 1. The molecule has 0 atom stereocenters. The smallest absolute Gasteiger partial charge is 0.125 e. The first-order valence-corrected chi connectivity index (χ1v) is 5.82. The zero-order valence-corrected chi connectivity index (χ0v) is 9.62. The Morgan fingerprint density at radius 3 is 2.80 bits per heavy atom. The summed E-state index contributed by atoms with van der Waals surface area (Å²) in [7, 11) is 0. The molecule has 2 nitrogen and oxygen atoms in total. The maximum atomic E-state index is 5.86. The van der Waals surface area contributed by atoms with E-state index in [9.17, 15) is 0 Å². The predicted octanol–water partition coefficient (Wildman–Crippen LogP) is 3.27. The van der Waals surface area contributed by atoms with Gasteiger partial charge in [0.1, 0.15) is 5.75 Å². The maximum absolute atomic E-state index is 5.86. The van der Waals surface area contributed by atoms with Crippen LogP contribution in [0.15, 0.2) is 12.3 Å². The summed E-state index contributed by atoms with van der Waals surface area (Å²) in [6.07, 6.45) is 7.32. The molecule has 15 heavy (non-hydrogen) atoms. The van der Waals surface area contributed by atoms with Crippen molar-refractivity contribution in [2.75, 3.05) is 6.61 Å². The molecule has 0 N–H and O–H groups in total. The second-order valence-electron chi connectivity index (χ2n) is 4.55. The minimum Gasteiger partial charge on any atom is -0.493 e. The Morgan fingerprint density at radius 1 is 1.33 bits per heavy atom. The van der Waals surface area contributed by atoms with Gasteiger partial charge in [-0.1, -0.05) is 12.8 Å². The summed E-state index contributed by atoms with van der Waals surface area (Å²) < 4.78 is 5.86. The van der Waals surface area contributed by atoms with Crippen molar-refractivity contribution in [3.8, 4) is 5.75 Å². The summed E-state index contributed by atoms with van der Waals surface area (Å²) in [6.45, 7) is 4.93. The van der Waals surface area contributed by atoms with Crippen molar-refractivity contribution in [3.05, 3.63) is 23.5 Å². The standard InChI is InChI=1S/C13H19NO/c1-10-8-14-11(2)7-13(10)15-9-12-5-3-4-6-12/h7-8,12H,3-6,9H2,1-2H3.